The maximum absolute atomic E-state index is 11.6. The zero-order valence-electron chi connectivity index (χ0n) is 9.23. The first-order valence-electron chi connectivity index (χ1n) is 5.00. The molecule has 0 amide bonds. The van der Waals surface area contributed by atoms with Gasteiger partial charge in [-0.05, 0) is 12.0 Å². The number of carbonyl (C=O) groups excluding carboxylic acids is 2. The SMILES string of the molecule is CC(C)COC(=O)c1ccccc1C(=O)[O-]. The molecule has 0 aliphatic heterocycles. The van der Waals surface area contributed by atoms with Crippen molar-refractivity contribution in [2.45, 2.75) is 13.8 Å². The van der Waals surface area contributed by atoms with Crippen molar-refractivity contribution in [3.8, 4) is 0 Å². The van der Waals surface area contributed by atoms with Gasteiger partial charge in [0.25, 0.3) is 0 Å². The number of esters is 1. The van der Waals surface area contributed by atoms with E-state index in [2.05, 4.69) is 0 Å². The van der Waals surface area contributed by atoms with Crippen molar-refractivity contribution in [2.75, 3.05) is 6.61 Å². The van der Waals surface area contributed by atoms with Crippen LogP contribution in [0, 0.1) is 5.92 Å². The zero-order valence-corrected chi connectivity index (χ0v) is 9.23. The molecular formula is C12H13O4-. The lowest BCUT2D eigenvalue weighted by Gasteiger charge is -2.11. The zero-order chi connectivity index (χ0) is 12.1. The number of carboxylic acid groups (broad SMARTS) is 1. The van der Waals surface area contributed by atoms with Crippen molar-refractivity contribution < 1.29 is 19.4 Å². The summed E-state index contributed by atoms with van der Waals surface area (Å²) < 4.78 is 4.95. The van der Waals surface area contributed by atoms with E-state index in [0.29, 0.717) is 0 Å². The van der Waals surface area contributed by atoms with E-state index in [9.17, 15) is 14.7 Å². The second kappa shape index (κ2) is 5.30. The van der Waals surface area contributed by atoms with Crippen molar-refractivity contribution >= 4 is 11.9 Å². The third-order valence-corrected chi connectivity index (χ3v) is 1.91. The number of benzene rings is 1. The Labute approximate surface area is 93.9 Å². The minimum atomic E-state index is -1.38. The van der Waals surface area contributed by atoms with E-state index in [0.717, 1.165) is 0 Å². The largest absolute Gasteiger partial charge is 0.545 e. The number of hydrogen-bond acceptors (Lipinski definition) is 4. The van der Waals surface area contributed by atoms with Crippen LogP contribution in [0.5, 0.6) is 0 Å². The minimum absolute atomic E-state index is 0.0307. The average molecular weight is 221 g/mol. The van der Waals surface area contributed by atoms with Gasteiger partial charge in [-0.3, -0.25) is 0 Å². The van der Waals surface area contributed by atoms with Crippen LogP contribution in [0.4, 0.5) is 0 Å². The molecule has 0 saturated heterocycles. The molecule has 0 heterocycles. The molecule has 0 spiro atoms. The summed E-state index contributed by atoms with van der Waals surface area (Å²) in [5.74, 6) is -1.80. The third-order valence-electron chi connectivity index (χ3n) is 1.91. The number of ether oxygens (including phenoxy) is 1. The molecule has 0 bridgehead atoms. The minimum Gasteiger partial charge on any atom is -0.545 e. The van der Waals surface area contributed by atoms with E-state index in [4.69, 9.17) is 4.74 Å². The van der Waals surface area contributed by atoms with Crippen LogP contribution in [-0.2, 0) is 4.74 Å². The van der Waals surface area contributed by atoms with Crippen LogP contribution < -0.4 is 5.11 Å². The lowest BCUT2D eigenvalue weighted by atomic mass is 10.1. The Hall–Kier alpha value is -1.84. The Kier molecular flexibility index (Phi) is 4.05. The van der Waals surface area contributed by atoms with Crippen molar-refractivity contribution in [3.05, 3.63) is 35.4 Å². The second-order valence-corrected chi connectivity index (χ2v) is 3.83. The van der Waals surface area contributed by atoms with Crippen LogP contribution in [-0.4, -0.2) is 18.5 Å². The van der Waals surface area contributed by atoms with Gasteiger partial charge in [-0.1, -0.05) is 32.0 Å². The molecule has 4 heteroatoms. The summed E-state index contributed by atoms with van der Waals surface area (Å²) in [6.07, 6.45) is 0. The third kappa shape index (κ3) is 3.08. The fourth-order valence-corrected chi connectivity index (χ4v) is 1.16. The highest BCUT2D eigenvalue weighted by molar-refractivity contribution is 6.01. The molecule has 16 heavy (non-hydrogen) atoms. The summed E-state index contributed by atoms with van der Waals surface area (Å²) in [5, 5.41) is 10.7. The molecule has 86 valence electrons. The predicted molar refractivity (Wildman–Crippen MR) is 55.9 cm³/mol. The number of aromatic carboxylic acids is 1. The Morgan fingerprint density at radius 1 is 1.25 bits per heavy atom. The Morgan fingerprint density at radius 3 is 2.31 bits per heavy atom. The summed E-state index contributed by atoms with van der Waals surface area (Å²) in [4.78, 5) is 22.3. The van der Waals surface area contributed by atoms with Gasteiger partial charge >= 0.3 is 5.97 Å². The number of carbonyl (C=O) groups is 2. The second-order valence-electron chi connectivity index (χ2n) is 3.83. The van der Waals surface area contributed by atoms with Crippen molar-refractivity contribution in [3.63, 3.8) is 0 Å². The van der Waals surface area contributed by atoms with Crippen LogP contribution in [0.1, 0.15) is 34.6 Å². The molecule has 0 N–H and O–H groups in total. The van der Waals surface area contributed by atoms with E-state index >= 15 is 0 Å². The maximum atomic E-state index is 11.6. The number of rotatable bonds is 4. The molecule has 1 aromatic rings. The quantitative estimate of drug-likeness (QED) is 0.707. The van der Waals surface area contributed by atoms with Crippen molar-refractivity contribution in [2.24, 2.45) is 5.92 Å². The summed E-state index contributed by atoms with van der Waals surface area (Å²) in [6, 6.07) is 5.85. The molecule has 0 atom stereocenters. The van der Waals surface area contributed by atoms with E-state index in [1.807, 2.05) is 13.8 Å². The Morgan fingerprint density at radius 2 is 1.81 bits per heavy atom. The van der Waals surface area contributed by atoms with Crippen LogP contribution >= 0.6 is 0 Å². The first kappa shape index (κ1) is 12.2. The Bertz CT molecular complexity index is 396. The lowest BCUT2D eigenvalue weighted by Crippen LogP contribution is -2.25. The van der Waals surface area contributed by atoms with Gasteiger partial charge in [0.05, 0.1) is 18.1 Å². The molecular weight excluding hydrogens is 208 g/mol. The fourth-order valence-electron chi connectivity index (χ4n) is 1.16. The first-order chi connectivity index (χ1) is 7.52. The van der Waals surface area contributed by atoms with Crippen LogP contribution in [0.15, 0.2) is 24.3 Å². The van der Waals surface area contributed by atoms with E-state index in [-0.39, 0.29) is 23.7 Å². The molecule has 1 rings (SSSR count). The van der Waals surface area contributed by atoms with Gasteiger partial charge in [0.2, 0.25) is 0 Å². The molecule has 0 unspecified atom stereocenters. The number of carboxylic acids is 1. The highest BCUT2D eigenvalue weighted by atomic mass is 16.5. The van der Waals surface area contributed by atoms with Crippen molar-refractivity contribution in [1.82, 2.24) is 0 Å². The van der Waals surface area contributed by atoms with Crippen LogP contribution in [0.2, 0.25) is 0 Å². The molecule has 0 aromatic heterocycles. The first-order valence-corrected chi connectivity index (χ1v) is 5.00. The summed E-state index contributed by atoms with van der Waals surface area (Å²) in [6.45, 7) is 4.07. The molecule has 1 aromatic carbocycles. The van der Waals surface area contributed by atoms with Gasteiger partial charge in [-0.15, -0.1) is 0 Å². The molecule has 0 aliphatic carbocycles. The van der Waals surface area contributed by atoms with Gasteiger partial charge in [0.15, 0.2) is 0 Å². The van der Waals surface area contributed by atoms with E-state index in [1.54, 1.807) is 6.07 Å². The average Bonchev–Trinajstić information content (AvgIpc) is 2.25. The Balaban J connectivity index is 2.86. The summed E-state index contributed by atoms with van der Waals surface area (Å²) in [5.41, 5.74) is -0.112. The summed E-state index contributed by atoms with van der Waals surface area (Å²) in [7, 11) is 0. The van der Waals surface area contributed by atoms with Gasteiger partial charge in [0, 0.05) is 5.56 Å². The summed E-state index contributed by atoms with van der Waals surface area (Å²) >= 11 is 0. The molecule has 0 aliphatic rings. The highest BCUT2D eigenvalue weighted by Crippen LogP contribution is 2.10. The molecule has 0 radical (unpaired) electrons. The molecule has 4 nitrogen and oxygen atoms in total. The highest BCUT2D eigenvalue weighted by Gasteiger charge is 2.13. The molecule has 0 saturated carbocycles. The lowest BCUT2D eigenvalue weighted by molar-refractivity contribution is -0.255. The van der Waals surface area contributed by atoms with Gasteiger partial charge in [-0.2, -0.15) is 0 Å². The smallest absolute Gasteiger partial charge is 0.338 e. The maximum Gasteiger partial charge on any atom is 0.338 e. The van der Waals surface area contributed by atoms with Gasteiger partial charge < -0.3 is 14.6 Å². The van der Waals surface area contributed by atoms with Crippen LogP contribution in [0.3, 0.4) is 0 Å². The van der Waals surface area contributed by atoms with Crippen molar-refractivity contribution in [1.29, 1.82) is 0 Å². The predicted octanol–water partition coefficient (Wildman–Crippen LogP) is 0.863. The van der Waals surface area contributed by atoms with Crippen LogP contribution in [0.25, 0.3) is 0 Å². The van der Waals surface area contributed by atoms with Gasteiger partial charge in [0.1, 0.15) is 0 Å². The topological polar surface area (TPSA) is 66.4 Å². The monoisotopic (exact) mass is 221 g/mol. The fraction of sp³-hybridized carbons (Fsp3) is 0.333. The molecule has 0 fully saturated rings. The van der Waals surface area contributed by atoms with E-state index < -0.39 is 11.9 Å². The van der Waals surface area contributed by atoms with E-state index in [1.165, 1.54) is 18.2 Å². The standard InChI is InChI=1S/C12H14O4/c1-8(2)7-16-12(15)10-6-4-3-5-9(10)11(13)14/h3-6,8H,7H2,1-2H3,(H,13,14)/p-1. The normalized spacial score (nSPS) is 10.2. The van der Waals surface area contributed by atoms with Gasteiger partial charge in [-0.25, -0.2) is 4.79 Å². The number of hydrogen-bond donors (Lipinski definition) is 0.